The summed E-state index contributed by atoms with van der Waals surface area (Å²) in [7, 11) is 4.83. The first kappa shape index (κ1) is 14.4. The van der Waals surface area contributed by atoms with Crippen molar-refractivity contribution in [3.8, 4) is 17.2 Å². The average Bonchev–Trinajstić information content (AvgIpc) is 2.43. The van der Waals surface area contributed by atoms with E-state index in [-0.39, 0.29) is 0 Å². The molecule has 0 aliphatic carbocycles. The van der Waals surface area contributed by atoms with Gasteiger partial charge in [-0.05, 0) is 12.5 Å². The Hall–Kier alpha value is -1.62. The van der Waals surface area contributed by atoms with Crippen molar-refractivity contribution >= 4 is 5.69 Å². The van der Waals surface area contributed by atoms with Crippen LogP contribution in [0.2, 0.25) is 0 Å². The van der Waals surface area contributed by atoms with Gasteiger partial charge in [0.25, 0.3) is 0 Å². The number of methoxy groups -OCH3 is 3. The Kier molecular flexibility index (Phi) is 5.58. The molecule has 0 aromatic heterocycles. The van der Waals surface area contributed by atoms with E-state index in [0.29, 0.717) is 24.0 Å². The summed E-state index contributed by atoms with van der Waals surface area (Å²) in [6, 6.07) is 3.66. The highest BCUT2D eigenvalue weighted by molar-refractivity contribution is 5.64. The largest absolute Gasteiger partial charge is 0.494 e. The lowest BCUT2D eigenvalue weighted by atomic mass is 10.1. The van der Waals surface area contributed by atoms with E-state index in [1.807, 2.05) is 6.07 Å². The Balaban J connectivity index is 2.94. The van der Waals surface area contributed by atoms with Gasteiger partial charge in [0.2, 0.25) is 0 Å². The minimum absolute atomic E-state index is 0.391. The molecule has 18 heavy (non-hydrogen) atoms. The molecule has 1 aromatic carbocycles. The first-order valence-corrected chi connectivity index (χ1v) is 5.90. The zero-order valence-electron chi connectivity index (χ0n) is 11.4. The molecule has 0 saturated carbocycles. The molecule has 0 spiro atoms. The van der Waals surface area contributed by atoms with E-state index in [1.54, 1.807) is 27.4 Å². The molecule has 1 unspecified atom stereocenters. The van der Waals surface area contributed by atoms with Gasteiger partial charge in [0.15, 0.2) is 11.5 Å². The van der Waals surface area contributed by atoms with Crippen molar-refractivity contribution in [2.45, 2.75) is 6.92 Å². The molecule has 1 atom stereocenters. The number of hydrogen-bond acceptors (Lipinski definition) is 5. The van der Waals surface area contributed by atoms with E-state index in [4.69, 9.17) is 19.9 Å². The van der Waals surface area contributed by atoms with Gasteiger partial charge in [-0.3, -0.25) is 0 Å². The molecule has 0 saturated heterocycles. The molecule has 0 bridgehead atoms. The minimum Gasteiger partial charge on any atom is -0.494 e. The summed E-state index contributed by atoms with van der Waals surface area (Å²) in [5, 5.41) is 3.30. The summed E-state index contributed by atoms with van der Waals surface area (Å²) in [4.78, 5) is 0. The van der Waals surface area contributed by atoms with Crippen LogP contribution in [-0.2, 0) is 0 Å². The average molecular weight is 254 g/mol. The molecule has 0 fully saturated rings. The lowest BCUT2D eigenvalue weighted by Gasteiger charge is -2.17. The molecular weight excluding hydrogens is 232 g/mol. The van der Waals surface area contributed by atoms with Gasteiger partial charge < -0.3 is 25.3 Å². The second kappa shape index (κ2) is 6.96. The first-order chi connectivity index (χ1) is 8.65. The molecule has 3 N–H and O–H groups in total. The predicted octanol–water partition coefficient (Wildman–Crippen LogP) is 1.72. The molecule has 0 aliphatic heterocycles. The zero-order chi connectivity index (χ0) is 13.5. The van der Waals surface area contributed by atoms with E-state index in [2.05, 4.69) is 12.2 Å². The lowest BCUT2D eigenvalue weighted by Crippen LogP contribution is -2.20. The first-order valence-electron chi connectivity index (χ1n) is 5.90. The number of rotatable bonds is 7. The topological polar surface area (TPSA) is 65.7 Å². The van der Waals surface area contributed by atoms with Crippen LogP contribution < -0.4 is 25.3 Å². The molecule has 5 nitrogen and oxygen atoms in total. The van der Waals surface area contributed by atoms with Gasteiger partial charge in [-0.25, -0.2) is 0 Å². The fourth-order valence-electron chi connectivity index (χ4n) is 1.53. The monoisotopic (exact) mass is 254 g/mol. The van der Waals surface area contributed by atoms with Crippen LogP contribution in [0.25, 0.3) is 0 Å². The smallest absolute Gasteiger partial charge is 0.164 e. The Morgan fingerprint density at radius 3 is 2.11 bits per heavy atom. The molecule has 0 aliphatic rings. The second-order valence-electron chi connectivity index (χ2n) is 4.13. The Labute approximate surface area is 108 Å². The zero-order valence-corrected chi connectivity index (χ0v) is 11.4. The highest BCUT2D eigenvalue weighted by atomic mass is 16.5. The summed E-state index contributed by atoms with van der Waals surface area (Å²) in [6.07, 6.45) is 0. The Morgan fingerprint density at radius 1 is 1.06 bits per heavy atom. The summed E-state index contributed by atoms with van der Waals surface area (Å²) < 4.78 is 15.8. The maximum absolute atomic E-state index is 5.59. The van der Waals surface area contributed by atoms with Crippen LogP contribution in [-0.4, -0.2) is 34.4 Å². The van der Waals surface area contributed by atoms with E-state index in [0.717, 1.165) is 18.0 Å². The number of benzene rings is 1. The number of nitrogens with one attached hydrogen (secondary N) is 1. The second-order valence-corrected chi connectivity index (χ2v) is 4.13. The normalized spacial score (nSPS) is 11.8. The highest BCUT2D eigenvalue weighted by Gasteiger charge is 2.12. The van der Waals surface area contributed by atoms with Crippen molar-refractivity contribution in [2.75, 3.05) is 39.7 Å². The van der Waals surface area contributed by atoms with Crippen LogP contribution in [0.4, 0.5) is 5.69 Å². The summed E-state index contributed by atoms with van der Waals surface area (Å²) in [5.74, 6) is 2.42. The fraction of sp³-hybridized carbons (Fsp3) is 0.538. The van der Waals surface area contributed by atoms with E-state index < -0.39 is 0 Å². The van der Waals surface area contributed by atoms with Crippen molar-refractivity contribution in [3.05, 3.63) is 12.1 Å². The van der Waals surface area contributed by atoms with E-state index in [9.17, 15) is 0 Å². The van der Waals surface area contributed by atoms with E-state index in [1.165, 1.54) is 0 Å². The van der Waals surface area contributed by atoms with E-state index >= 15 is 0 Å². The predicted molar refractivity (Wildman–Crippen MR) is 72.8 cm³/mol. The molecule has 5 heteroatoms. The van der Waals surface area contributed by atoms with Crippen LogP contribution in [0.5, 0.6) is 17.2 Å². The number of ether oxygens (including phenoxy) is 3. The number of nitrogens with two attached hydrogens (primary N) is 1. The standard InChI is InChI=1S/C13H22N2O3/c1-9(7-14)8-15-10-5-12(17-3)13(18-4)6-11(10)16-2/h5-6,9,15H,7-8,14H2,1-4H3. The van der Waals surface area contributed by atoms with Crippen LogP contribution >= 0.6 is 0 Å². The van der Waals surface area contributed by atoms with Crippen LogP contribution in [0.15, 0.2) is 12.1 Å². The van der Waals surface area contributed by atoms with Crippen molar-refractivity contribution in [1.82, 2.24) is 0 Å². The van der Waals surface area contributed by atoms with Gasteiger partial charge in [-0.1, -0.05) is 6.92 Å². The molecule has 0 amide bonds. The number of anilines is 1. The maximum Gasteiger partial charge on any atom is 0.164 e. The van der Waals surface area contributed by atoms with Crippen LogP contribution in [0.3, 0.4) is 0 Å². The van der Waals surface area contributed by atoms with Crippen molar-refractivity contribution < 1.29 is 14.2 Å². The molecule has 1 rings (SSSR count). The third kappa shape index (κ3) is 3.43. The van der Waals surface area contributed by atoms with Crippen molar-refractivity contribution in [1.29, 1.82) is 0 Å². The SMILES string of the molecule is COc1cc(OC)c(OC)cc1NCC(C)CN. The summed E-state index contributed by atoms with van der Waals surface area (Å²) in [6.45, 7) is 3.51. The molecular formula is C13H22N2O3. The fourth-order valence-corrected chi connectivity index (χ4v) is 1.53. The summed E-state index contributed by atoms with van der Waals surface area (Å²) >= 11 is 0. The maximum atomic E-state index is 5.59. The highest BCUT2D eigenvalue weighted by Crippen LogP contribution is 2.37. The van der Waals surface area contributed by atoms with Gasteiger partial charge in [0.1, 0.15) is 5.75 Å². The van der Waals surface area contributed by atoms with Gasteiger partial charge in [-0.15, -0.1) is 0 Å². The van der Waals surface area contributed by atoms with Crippen LogP contribution in [0, 0.1) is 5.92 Å². The number of hydrogen-bond donors (Lipinski definition) is 2. The van der Waals surface area contributed by atoms with Gasteiger partial charge in [-0.2, -0.15) is 0 Å². The third-order valence-electron chi connectivity index (χ3n) is 2.75. The lowest BCUT2D eigenvalue weighted by molar-refractivity contribution is 0.349. The van der Waals surface area contributed by atoms with Crippen molar-refractivity contribution in [2.24, 2.45) is 11.7 Å². The quantitative estimate of drug-likeness (QED) is 0.775. The van der Waals surface area contributed by atoms with Gasteiger partial charge in [0.05, 0.1) is 27.0 Å². The van der Waals surface area contributed by atoms with Crippen molar-refractivity contribution in [3.63, 3.8) is 0 Å². The van der Waals surface area contributed by atoms with Gasteiger partial charge in [0, 0.05) is 18.7 Å². The molecule has 102 valence electrons. The summed E-state index contributed by atoms with van der Waals surface area (Å²) in [5.41, 5.74) is 6.46. The Bertz CT molecular complexity index is 383. The molecule has 0 heterocycles. The molecule has 0 radical (unpaired) electrons. The van der Waals surface area contributed by atoms with Crippen LogP contribution in [0.1, 0.15) is 6.92 Å². The third-order valence-corrected chi connectivity index (χ3v) is 2.75. The van der Waals surface area contributed by atoms with Gasteiger partial charge >= 0.3 is 0 Å². The minimum atomic E-state index is 0.391. The molecule has 1 aromatic rings. The Morgan fingerprint density at radius 2 is 1.61 bits per heavy atom.